The first kappa shape index (κ1) is 13.4. The molecule has 1 aliphatic heterocycles. The van der Waals surface area contributed by atoms with E-state index in [0.29, 0.717) is 12.2 Å². The van der Waals surface area contributed by atoms with Crippen LogP contribution in [0.5, 0.6) is 0 Å². The van der Waals surface area contributed by atoms with Crippen LogP contribution in [0.2, 0.25) is 0 Å². The fraction of sp³-hybridized carbons (Fsp3) is 0.571. The monoisotopic (exact) mass is 255 g/mol. The SMILES string of the molecule is CCCNCC1CCOC1c1cccc(F)c1F. The number of halogens is 2. The summed E-state index contributed by atoms with van der Waals surface area (Å²) < 4.78 is 32.5. The largest absolute Gasteiger partial charge is 0.373 e. The van der Waals surface area contributed by atoms with Gasteiger partial charge in [0.05, 0.1) is 6.10 Å². The third-order valence-electron chi connectivity index (χ3n) is 3.34. The first-order valence-electron chi connectivity index (χ1n) is 6.50. The van der Waals surface area contributed by atoms with Gasteiger partial charge in [-0.2, -0.15) is 0 Å². The normalized spacial score (nSPS) is 23.5. The lowest BCUT2D eigenvalue weighted by molar-refractivity contribution is 0.0869. The highest BCUT2D eigenvalue weighted by molar-refractivity contribution is 5.22. The van der Waals surface area contributed by atoms with Crippen molar-refractivity contribution in [3.8, 4) is 0 Å². The maximum Gasteiger partial charge on any atom is 0.164 e. The average molecular weight is 255 g/mol. The van der Waals surface area contributed by atoms with Crippen LogP contribution in [0.4, 0.5) is 8.78 Å². The minimum Gasteiger partial charge on any atom is -0.373 e. The minimum atomic E-state index is -0.803. The van der Waals surface area contributed by atoms with Crippen molar-refractivity contribution in [1.29, 1.82) is 0 Å². The van der Waals surface area contributed by atoms with Crippen LogP contribution in [0.1, 0.15) is 31.4 Å². The summed E-state index contributed by atoms with van der Waals surface area (Å²) in [4.78, 5) is 0. The molecule has 0 bridgehead atoms. The molecule has 1 aliphatic rings. The predicted molar refractivity (Wildman–Crippen MR) is 66.3 cm³/mol. The number of benzene rings is 1. The van der Waals surface area contributed by atoms with Gasteiger partial charge in [-0.3, -0.25) is 0 Å². The lowest BCUT2D eigenvalue weighted by atomic mass is 9.94. The van der Waals surface area contributed by atoms with Crippen molar-refractivity contribution < 1.29 is 13.5 Å². The van der Waals surface area contributed by atoms with E-state index in [4.69, 9.17) is 4.74 Å². The first-order valence-corrected chi connectivity index (χ1v) is 6.50. The Labute approximate surface area is 106 Å². The second kappa shape index (κ2) is 6.25. The predicted octanol–water partition coefficient (Wildman–Crippen LogP) is 3.04. The molecule has 1 aromatic rings. The van der Waals surface area contributed by atoms with Crippen LogP contribution in [0.3, 0.4) is 0 Å². The Morgan fingerprint density at radius 1 is 1.39 bits per heavy atom. The molecular formula is C14H19F2NO. The lowest BCUT2D eigenvalue weighted by Crippen LogP contribution is -2.26. The van der Waals surface area contributed by atoms with Crippen molar-refractivity contribution in [2.45, 2.75) is 25.9 Å². The fourth-order valence-corrected chi connectivity index (χ4v) is 2.39. The third-order valence-corrected chi connectivity index (χ3v) is 3.34. The van der Waals surface area contributed by atoms with E-state index < -0.39 is 11.6 Å². The molecule has 2 unspecified atom stereocenters. The molecular weight excluding hydrogens is 236 g/mol. The van der Waals surface area contributed by atoms with Crippen molar-refractivity contribution in [3.63, 3.8) is 0 Å². The summed E-state index contributed by atoms with van der Waals surface area (Å²) in [6, 6.07) is 4.28. The molecule has 2 atom stereocenters. The van der Waals surface area contributed by atoms with Gasteiger partial charge in [-0.15, -0.1) is 0 Å². The molecule has 0 spiro atoms. The van der Waals surface area contributed by atoms with Crippen LogP contribution in [0.25, 0.3) is 0 Å². The summed E-state index contributed by atoms with van der Waals surface area (Å²) in [5, 5.41) is 3.31. The second-order valence-corrected chi connectivity index (χ2v) is 4.69. The molecule has 100 valence electrons. The van der Waals surface area contributed by atoms with Gasteiger partial charge in [-0.05, 0) is 25.5 Å². The highest BCUT2D eigenvalue weighted by atomic mass is 19.2. The summed E-state index contributed by atoms with van der Waals surface area (Å²) in [5.74, 6) is -1.36. The highest BCUT2D eigenvalue weighted by Crippen LogP contribution is 2.35. The highest BCUT2D eigenvalue weighted by Gasteiger charge is 2.31. The Kier molecular flexibility index (Phi) is 4.66. The van der Waals surface area contributed by atoms with Crippen LogP contribution < -0.4 is 5.32 Å². The van der Waals surface area contributed by atoms with E-state index in [2.05, 4.69) is 12.2 Å². The molecule has 4 heteroatoms. The molecule has 1 heterocycles. The second-order valence-electron chi connectivity index (χ2n) is 4.69. The molecule has 0 aliphatic carbocycles. The molecule has 0 saturated carbocycles. The van der Waals surface area contributed by atoms with E-state index in [1.807, 2.05) is 0 Å². The topological polar surface area (TPSA) is 21.3 Å². The van der Waals surface area contributed by atoms with Crippen LogP contribution in [0.15, 0.2) is 18.2 Å². The van der Waals surface area contributed by atoms with Gasteiger partial charge in [-0.25, -0.2) is 8.78 Å². The van der Waals surface area contributed by atoms with Gasteiger partial charge >= 0.3 is 0 Å². The molecule has 0 amide bonds. The molecule has 0 radical (unpaired) electrons. The van der Waals surface area contributed by atoms with Gasteiger partial charge in [0.25, 0.3) is 0 Å². The van der Waals surface area contributed by atoms with Gasteiger partial charge in [0, 0.05) is 24.6 Å². The zero-order chi connectivity index (χ0) is 13.0. The van der Waals surface area contributed by atoms with Gasteiger partial charge in [-0.1, -0.05) is 19.1 Å². The van der Waals surface area contributed by atoms with Crippen LogP contribution in [-0.4, -0.2) is 19.7 Å². The minimum absolute atomic E-state index is 0.216. The van der Waals surface area contributed by atoms with Gasteiger partial charge in [0.2, 0.25) is 0 Å². The molecule has 1 fully saturated rings. The average Bonchev–Trinajstić information content (AvgIpc) is 2.81. The number of hydrogen-bond donors (Lipinski definition) is 1. The molecule has 0 aromatic heterocycles. The summed E-state index contributed by atoms with van der Waals surface area (Å²) in [7, 11) is 0. The van der Waals surface area contributed by atoms with E-state index in [-0.39, 0.29) is 12.0 Å². The zero-order valence-electron chi connectivity index (χ0n) is 10.6. The van der Waals surface area contributed by atoms with Crippen LogP contribution >= 0.6 is 0 Å². The smallest absolute Gasteiger partial charge is 0.164 e. The van der Waals surface area contributed by atoms with E-state index in [1.165, 1.54) is 6.07 Å². The van der Waals surface area contributed by atoms with Crippen molar-refractivity contribution in [2.75, 3.05) is 19.7 Å². The van der Waals surface area contributed by atoms with Crippen molar-refractivity contribution in [3.05, 3.63) is 35.4 Å². The quantitative estimate of drug-likeness (QED) is 0.816. The summed E-state index contributed by atoms with van der Waals surface area (Å²) >= 11 is 0. The van der Waals surface area contributed by atoms with Crippen molar-refractivity contribution in [1.82, 2.24) is 5.32 Å². The Morgan fingerprint density at radius 2 is 2.22 bits per heavy atom. The summed E-state index contributed by atoms with van der Waals surface area (Å²) in [6.45, 7) is 4.43. The molecule has 1 N–H and O–H groups in total. The summed E-state index contributed by atoms with van der Waals surface area (Å²) in [6.07, 6.45) is 1.62. The van der Waals surface area contributed by atoms with E-state index in [9.17, 15) is 8.78 Å². The molecule has 1 aromatic carbocycles. The Bertz CT molecular complexity index is 397. The van der Waals surface area contributed by atoms with E-state index >= 15 is 0 Å². The van der Waals surface area contributed by atoms with E-state index in [1.54, 1.807) is 6.07 Å². The third kappa shape index (κ3) is 2.87. The number of rotatable bonds is 5. The fourth-order valence-electron chi connectivity index (χ4n) is 2.39. The molecule has 2 nitrogen and oxygen atoms in total. The Morgan fingerprint density at radius 3 is 3.00 bits per heavy atom. The van der Waals surface area contributed by atoms with Gasteiger partial charge in [0.1, 0.15) is 0 Å². The number of nitrogens with one attached hydrogen (secondary N) is 1. The van der Waals surface area contributed by atoms with Crippen molar-refractivity contribution in [2.24, 2.45) is 5.92 Å². The maximum absolute atomic E-state index is 13.7. The zero-order valence-corrected chi connectivity index (χ0v) is 10.6. The first-order chi connectivity index (χ1) is 8.74. The standard InChI is InChI=1S/C14H19F2NO/c1-2-7-17-9-10-6-8-18-14(10)11-4-3-5-12(15)13(11)16/h3-5,10,14,17H,2,6-9H2,1H3. The number of ether oxygens (including phenoxy) is 1. The molecule has 2 rings (SSSR count). The summed E-state index contributed by atoms with van der Waals surface area (Å²) in [5.41, 5.74) is 0.343. The van der Waals surface area contributed by atoms with Gasteiger partial charge < -0.3 is 10.1 Å². The molecule has 1 saturated heterocycles. The maximum atomic E-state index is 13.7. The van der Waals surface area contributed by atoms with Crippen molar-refractivity contribution >= 4 is 0 Å². The van der Waals surface area contributed by atoms with Gasteiger partial charge in [0.15, 0.2) is 11.6 Å². The molecule has 18 heavy (non-hydrogen) atoms. The van der Waals surface area contributed by atoms with Crippen LogP contribution in [0, 0.1) is 17.6 Å². The van der Waals surface area contributed by atoms with Crippen LogP contribution in [-0.2, 0) is 4.74 Å². The Balaban J connectivity index is 2.08. The Hall–Kier alpha value is -1.00. The number of hydrogen-bond acceptors (Lipinski definition) is 2. The van der Waals surface area contributed by atoms with E-state index in [0.717, 1.165) is 32.0 Å². The lowest BCUT2D eigenvalue weighted by Gasteiger charge is -2.20.